The zero-order chi connectivity index (χ0) is 19.6. The highest BCUT2D eigenvalue weighted by Crippen LogP contribution is 2.27. The van der Waals surface area contributed by atoms with E-state index in [-0.39, 0.29) is 18.3 Å². The Morgan fingerprint density at radius 3 is 2.18 bits per heavy atom. The molecule has 0 radical (unpaired) electrons. The van der Waals surface area contributed by atoms with Crippen LogP contribution in [0.15, 0.2) is 48.5 Å². The van der Waals surface area contributed by atoms with E-state index in [9.17, 15) is 4.79 Å². The Hall–Kier alpha value is -2.44. The van der Waals surface area contributed by atoms with Gasteiger partial charge in [0, 0.05) is 31.8 Å². The first-order valence-corrected chi connectivity index (χ1v) is 8.94. The molecular weight excluding hydrogens is 380 g/mol. The van der Waals surface area contributed by atoms with Gasteiger partial charge in [-0.15, -0.1) is 12.4 Å². The van der Waals surface area contributed by atoms with Crippen molar-refractivity contribution in [3.63, 3.8) is 0 Å². The summed E-state index contributed by atoms with van der Waals surface area (Å²) in [6.07, 6.45) is 1.23. The maximum Gasteiger partial charge on any atom is 0.239 e. The van der Waals surface area contributed by atoms with Gasteiger partial charge in [-0.05, 0) is 18.4 Å². The molecule has 2 aromatic carbocycles. The van der Waals surface area contributed by atoms with Crippen molar-refractivity contribution in [3.8, 4) is 17.2 Å². The van der Waals surface area contributed by atoms with Crippen LogP contribution in [0.25, 0.3) is 0 Å². The van der Waals surface area contributed by atoms with Gasteiger partial charge in [0.15, 0.2) is 0 Å². The molecule has 0 aliphatic carbocycles. The maximum atomic E-state index is 12.4. The molecule has 0 spiro atoms. The summed E-state index contributed by atoms with van der Waals surface area (Å²) in [6.45, 7) is 1.05. The normalized spacial score (nSPS) is 11.1. The molecule has 2 rings (SSSR count). The second kappa shape index (κ2) is 12.1. The molecule has 0 saturated heterocycles. The second-order valence-corrected chi connectivity index (χ2v) is 6.31. The van der Waals surface area contributed by atoms with Gasteiger partial charge in [0.1, 0.15) is 17.2 Å². The van der Waals surface area contributed by atoms with Crippen molar-refractivity contribution in [2.45, 2.75) is 18.9 Å². The van der Waals surface area contributed by atoms with Gasteiger partial charge in [0.2, 0.25) is 5.91 Å². The first-order chi connectivity index (χ1) is 13.0. The van der Waals surface area contributed by atoms with Crippen molar-refractivity contribution < 1.29 is 19.0 Å². The standard InChI is InChI=1S/C21H28N2O4.ClH/c1-23(21(24)20(22)12-16-8-5-4-6-9-16)10-7-11-27-19-14-17(25-2)13-18(15-19)26-3;/h4-6,8-9,13-15,20H,7,10-12,22H2,1-3H3;1H/t20-;/m0./s1. The summed E-state index contributed by atoms with van der Waals surface area (Å²) in [6, 6.07) is 14.6. The van der Waals surface area contributed by atoms with Crippen molar-refractivity contribution in [3.05, 3.63) is 54.1 Å². The number of nitrogens with two attached hydrogens (primary N) is 1. The molecule has 6 nitrogen and oxygen atoms in total. The van der Waals surface area contributed by atoms with Crippen molar-refractivity contribution in [1.82, 2.24) is 4.90 Å². The number of hydrogen-bond donors (Lipinski definition) is 1. The highest BCUT2D eigenvalue weighted by Gasteiger charge is 2.18. The number of carbonyl (C=O) groups excluding carboxylic acids is 1. The SMILES string of the molecule is COc1cc(OC)cc(OCCCN(C)C(=O)[C@@H](N)Cc2ccccc2)c1.Cl. The molecule has 0 aliphatic rings. The third kappa shape index (κ3) is 7.29. The number of nitrogens with zero attached hydrogens (tertiary/aromatic N) is 1. The summed E-state index contributed by atoms with van der Waals surface area (Å²) in [7, 11) is 4.96. The summed E-state index contributed by atoms with van der Waals surface area (Å²) in [5.41, 5.74) is 7.12. The van der Waals surface area contributed by atoms with Crippen LogP contribution in [0, 0.1) is 0 Å². The Morgan fingerprint density at radius 1 is 1.04 bits per heavy atom. The number of likely N-dealkylation sites (N-methyl/N-ethyl adjacent to an activating group) is 1. The minimum atomic E-state index is -0.541. The summed E-state index contributed by atoms with van der Waals surface area (Å²) in [4.78, 5) is 14.1. The molecule has 28 heavy (non-hydrogen) atoms. The zero-order valence-electron chi connectivity index (χ0n) is 16.6. The van der Waals surface area contributed by atoms with E-state index in [2.05, 4.69) is 0 Å². The van der Waals surface area contributed by atoms with Crippen LogP contribution in [-0.2, 0) is 11.2 Å². The van der Waals surface area contributed by atoms with E-state index < -0.39 is 6.04 Å². The topological polar surface area (TPSA) is 74.0 Å². The monoisotopic (exact) mass is 408 g/mol. The van der Waals surface area contributed by atoms with Gasteiger partial charge >= 0.3 is 0 Å². The number of ether oxygens (including phenoxy) is 3. The summed E-state index contributed by atoms with van der Waals surface area (Å²) >= 11 is 0. The lowest BCUT2D eigenvalue weighted by molar-refractivity contribution is -0.131. The van der Waals surface area contributed by atoms with E-state index in [0.29, 0.717) is 43.2 Å². The van der Waals surface area contributed by atoms with E-state index in [1.807, 2.05) is 30.3 Å². The summed E-state index contributed by atoms with van der Waals surface area (Å²) in [5.74, 6) is 1.94. The Morgan fingerprint density at radius 2 is 1.61 bits per heavy atom. The molecule has 0 heterocycles. The molecule has 0 aromatic heterocycles. The largest absolute Gasteiger partial charge is 0.496 e. The summed E-state index contributed by atoms with van der Waals surface area (Å²) < 4.78 is 16.2. The van der Waals surface area contributed by atoms with Gasteiger partial charge in [-0.25, -0.2) is 0 Å². The first-order valence-electron chi connectivity index (χ1n) is 8.94. The molecule has 154 valence electrons. The van der Waals surface area contributed by atoms with Gasteiger partial charge in [-0.3, -0.25) is 4.79 Å². The van der Waals surface area contributed by atoms with E-state index in [1.54, 1.807) is 44.4 Å². The van der Waals surface area contributed by atoms with Crippen LogP contribution in [0.3, 0.4) is 0 Å². The molecule has 7 heteroatoms. The first kappa shape index (κ1) is 23.6. The van der Waals surface area contributed by atoms with E-state index in [0.717, 1.165) is 5.56 Å². The molecule has 1 atom stereocenters. The van der Waals surface area contributed by atoms with Gasteiger partial charge in [-0.2, -0.15) is 0 Å². The summed E-state index contributed by atoms with van der Waals surface area (Å²) in [5, 5.41) is 0. The molecule has 0 aliphatic heterocycles. The molecule has 0 fully saturated rings. The number of rotatable bonds is 10. The molecular formula is C21H29ClN2O4. The van der Waals surface area contributed by atoms with Gasteiger partial charge in [0.25, 0.3) is 0 Å². The quantitative estimate of drug-likeness (QED) is 0.612. The van der Waals surface area contributed by atoms with Crippen molar-refractivity contribution in [2.75, 3.05) is 34.4 Å². The Kier molecular flexibility index (Phi) is 10.2. The number of amides is 1. The van der Waals surface area contributed by atoms with Crippen LogP contribution in [0.5, 0.6) is 17.2 Å². The number of carbonyl (C=O) groups is 1. The average molecular weight is 409 g/mol. The molecule has 0 saturated carbocycles. The fraction of sp³-hybridized carbons (Fsp3) is 0.381. The molecule has 1 amide bonds. The van der Waals surface area contributed by atoms with E-state index >= 15 is 0 Å². The number of methoxy groups -OCH3 is 2. The maximum absolute atomic E-state index is 12.4. The Labute approximate surface area is 173 Å². The minimum absolute atomic E-state index is 0. The predicted octanol–water partition coefficient (Wildman–Crippen LogP) is 2.92. The lowest BCUT2D eigenvalue weighted by Gasteiger charge is -2.21. The fourth-order valence-electron chi connectivity index (χ4n) is 2.71. The Bertz CT molecular complexity index is 705. The van der Waals surface area contributed by atoms with Gasteiger partial charge < -0.3 is 24.8 Å². The third-order valence-electron chi connectivity index (χ3n) is 4.22. The fourth-order valence-corrected chi connectivity index (χ4v) is 2.71. The van der Waals surface area contributed by atoms with Crippen molar-refractivity contribution >= 4 is 18.3 Å². The van der Waals surface area contributed by atoms with Crippen LogP contribution in [-0.4, -0.2) is 51.3 Å². The minimum Gasteiger partial charge on any atom is -0.496 e. The zero-order valence-corrected chi connectivity index (χ0v) is 17.4. The molecule has 0 bridgehead atoms. The van der Waals surface area contributed by atoms with Gasteiger partial charge in [-0.1, -0.05) is 30.3 Å². The lowest BCUT2D eigenvalue weighted by atomic mass is 10.1. The van der Waals surface area contributed by atoms with Crippen LogP contribution in [0.4, 0.5) is 0 Å². The molecule has 0 unspecified atom stereocenters. The number of benzene rings is 2. The lowest BCUT2D eigenvalue weighted by Crippen LogP contribution is -2.43. The highest BCUT2D eigenvalue weighted by atomic mass is 35.5. The van der Waals surface area contributed by atoms with E-state index in [4.69, 9.17) is 19.9 Å². The predicted molar refractivity (Wildman–Crippen MR) is 113 cm³/mol. The Balaban J connectivity index is 0.00000392. The van der Waals surface area contributed by atoms with Crippen LogP contribution in [0.2, 0.25) is 0 Å². The highest BCUT2D eigenvalue weighted by molar-refractivity contribution is 5.85. The second-order valence-electron chi connectivity index (χ2n) is 6.31. The third-order valence-corrected chi connectivity index (χ3v) is 4.22. The molecule has 2 aromatic rings. The van der Waals surface area contributed by atoms with E-state index in [1.165, 1.54) is 0 Å². The smallest absolute Gasteiger partial charge is 0.239 e. The van der Waals surface area contributed by atoms with Crippen molar-refractivity contribution in [1.29, 1.82) is 0 Å². The molecule has 2 N–H and O–H groups in total. The average Bonchev–Trinajstić information content (AvgIpc) is 2.70. The van der Waals surface area contributed by atoms with Gasteiger partial charge in [0.05, 0.1) is 26.9 Å². The van der Waals surface area contributed by atoms with Crippen molar-refractivity contribution in [2.24, 2.45) is 5.73 Å². The number of hydrogen-bond acceptors (Lipinski definition) is 5. The van der Waals surface area contributed by atoms with Crippen LogP contribution < -0.4 is 19.9 Å². The number of halogens is 1. The van der Waals surface area contributed by atoms with Crippen LogP contribution in [0.1, 0.15) is 12.0 Å². The van der Waals surface area contributed by atoms with Crippen LogP contribution >= 0.6 is 12.4 Å².